The molecular weight excluding hydrogens is 342 g/mol. The number of likely N-dealkylation sites (N-methyl/N-ethyl adjacent to an activating group) is 1. The molecule has 1 aromatic rings. The third-order valence-corrected chi connectivity index (χ3v) is 7.36. The number of furan rings is 1. The lowest BCUT2D eigenvalue weighted by atomic mass is 10.1. The smallest absolute Gasteiger partial charge is 0.289 e. The molecule has 138 valence electrons. The number of carbonyl (C=O) groups excluding carboxylic acids is 1. The van der Waals surface area contributed by atoms with Crippen LogP contribution in [0.4, 0.5) is 0 Å². The van der Waals surface area contributed by atoms with Crippen molar-refractivity contribution in [3.8, 4) is 0 Å². The molecule has 3 fully saturated rings. The maximum atomic E-state index is 12.9. The van der Waals surface area contributed by atoms with Gasteiger partial charge in [-0.05, 0) is 45.1 Å². The van der Waals surface area contributed by atoms with Crippen LogP contribution in [-0.2, 0) is 16.4 Å². The summed E-state index contributed by atoms with van der Waals surface area (Å²) in [6, 6.07) is 3.21. The van der Waals surface area contributed by atoms with Gasteiger partial charge in [0.2, 0.25) is 0 Å². The van der Waals surface area contributed by atoms with Crippen LogP contribution in [0.2, 0.25) is 0 Å². The Balaban J connectivity index is 1.49. The quantitative estimate of drug-likeness (QED) is 0.771. The average molecular weight is 367 g/mol. The van der Waals surface area contributed by atoms with Crippen molar-refractivity contribution in [2.24, 2.45) is 0 Å². The predicted octanol–water partition coefficient (Wildman–Crippen LogP) is 0.429. The SMILES string of the molecule is CN1CCN(C(=O)c2ccc(CN3CCCC3)o2)[C@@H]2CS(=O)(=O)C[C@@H]21. The van der Waals surface area contributed by atoms with Crippen LogP contribution in [0.15, 0.2) is 16.5 Å². The lowest BCUT2D eigenvalue weighted by molar-refractivity contribution is 0.0380. The van der Waals surface area contributed by atoms with Gasteiger partial charge in [0.15, 0.2) is 15.6 Å². The lowest BCUT2D eigenvalue weighted by Gasteiger charge is -2.41. The molecule has 0 unspecified atom stereocenters. The van der Waals surface area contributed by atoms with Gasteiger partial charge in [-0.15, -0.1) is 0 Å². The van der Waals surface area contributed by atoms with E-state index in [0.717, 1.165) is 25.4 Å². The molecule has 2 atom stereocenters. The normalized spacial score (nSPS) is 29.9. The van der Waals surface area contributed by atoms with Crippen LogP contribution in [0.25, 0.3) is 0 Å². The Kier molecular flexibility index (Phi) is 4.37. The standard InChI is InChI=1S/C17H25N3O4S/c1-18-8-9-20(15-12-25(22,23)11-14(15)18)17(21)16-5-4-13(24-16)10-19-6-2-3-7-19/h4-5,14-15H,2-3,6-12H2,1H3/t14-,15+/m0/s1. The molecule has 0 radical (unpaired) electrons. The van der Waals surface area contributed by atoms with Crippen LogP contribution >= 0.6 is 0 Å². The van der Waals surface area contributed by atoms with Crippen molar-refractivity contribution in [3.63, 3.8) is 0 Å². The molecule has 0 N–H and O–H groups in total. The summed E-state index contributed by atoms with van der Waals surface area (Å²) in [6.07, 6.45) is 2.43. The fourth-order valence-electron chi connectivity index (χ4n) is 4.26. The number of nitrogens with zero attached hydrogens (tertiary/aromatic N) is 3. The highest BCUT2D eigenvalue weighted by Gasteiger charge is 2.47. The summed E-state index contributed by atoms with van der Waals surface area (Å²) < 4.78 is 29.9. The largest absolute Gasteiger partial charge is 0.455 e. The molecule has 3 aliphatic rings. The molecule has 8 heteroatoms. The maximum Gasteiger partial charge on any atom is 0.289 e. The summed E-state index contributed by atoms with van der Waals surface area (Å²) in [5, 5.41) is 0. The van der Waals surface area contributed by atoms with Crippen molar-refractivity contribution in [2.75, 3.05) is 44.7 Å². The number of sulfone groups is 1. The van der Waals surface area contributed by atoms with E-state index in [1.807, 2.05) is 13.1 Å². The molecule has 7 nitrogen and oxygen atoms in total. The number of amides is 1. The van der Waals surface area contributed by atoms with E-state index in [9.17, 15) is 13.2 Å². The molecule has 3 saturated heterocycles. The van der Waals surface area contributed by atoms with E-state index >= 15 is 0 Å². The van der Waals surface area contributed by atoms with Gasteiger partial charge in [-0.3, -0.25) is 14.6 Å². The van der Waals surface area contributed by atoms with E-state index in [1.165, 1.54) is 12.8 Å². The minimum absolute atomic E-state index is 0.0507. The van der Waals surface area contributed by atoms with Crippen molar-refractivity contribution >= 4 is 15.7 Å². The minimum Gasteiger partial charge on any atom is -0.455 e. The van der Waals surface area contributed by atoms with Gasteiger partial charge >= 0.3 is 0 Å². The zero-order valence-electron chi connectivity index (χ0n) is 14.6. The zero-order valence-corrected chi connectivity index (χ0v) is 15.4. The summed E-state index contributed by atoms with van der Waals surface area (Å²) in [5.74, 6) is 1.12. The molecule has 3 aliphatic heterocycles. The van der Waals surface area contributed by atoms with Gasteiger partial charge in [0, 0.05) is 19.1 Å². The Morgan fingerprint density at radius 3 is 2.60 bits per heavy atom. The highest BCUT2D eigenvalue weighted by molar-refractivity contribution is 7.91. The zero-order chi connectivity index (χ0) is 17.6. The number of hydrogen-bond donors (Lipinski definition) is 0. The van der Waals surface area contributed by atoms with E-state index in [4.69, 9.17) is 4.42 Å². The molecule has 1 aromatic heterocycles. The molecule has 0 spiro atoms. The van der Waals surface area contributed by atoms with Gasteiger partial charge in [-0.1, -0.05) is 0 Å². The molecule has 25 heavy (non-hydrogen) atoms. The fraction of sp³-hybridized carbons (Fsp3) is 0.706. The second-order valence-electron chi connectivity index (χ2n) is 7.44. The Bertz CT molecular complexity index is 754. The van der Waals surface area contributed by atoms with E-state index in [-0.39, 0.29) is 29.5 Å². The number of fused-ring (bicyclic) bond motifs is 1. The van der Waals surface area contributed by atoms with Gasteiger partial charge < -0.3 is 9.32 Å². The highest BCUT2D eigenvalue weighted by atomic mass is 32.2. The highest BCUT2D eigenvalue weighted by Crippen LogP contribution is 2.27. The van der Waals surface area contributed by atoms with E-state index in [0.29, 0.717) is 18.8 Å². The lowest BCUT2D eigenvalue weighted by Crippen LogP contribution is -2.59. The van der Waals surface area contributed by atoms with Crippen LogP contribution in [0.3, 0.4) is 0 Å². The number of rotatable bonds is 3. The summed E-state index contributed by atoms with van der Waals surface area (Å²) in [7, 11) is -1.16. The third-order valence-electron chi connectivity index (χ3n) is 5.67. The summed E-state index contributed by atoms with van der Waals surface area (Å²) in [5.41, 5.74) is 0. The van der Waals surface area contributed by atoms with Gasteiger partial charge in [-0.25, -0.2) is 8.42 Å². The number of hydrogen-bond acceptors (Lipinski definition) is 6. The first kappa shape index (κ1) is 17.1. The van der Waals surface area contributed by atoms with E-state index in [1.54, 1.807) is 11.0 Å². The molecule has 0 aliphatic carbocycles. The number of carbonyl (C=O) groups is 1. The van der Waals surface area contributed by atoms with E-state index < -0.39 is 9.84 Å². The van der Waals surface area contributed by atoms with E-state index in [2.05, 4.69) is 9.80 Å². The monoisotopic (exact) mass is 367 g/mol. The Hall–Kier alpha value is -1.38. The van der Waals surface area contributed by atoms with Crippen LogP contribution < -0.4 is 0 Å². The third kappa shape index (κ3) is 3.35. The van der Waals surface area contributed by atoms with Crippen molar-refractivity contribution < 1.29 is 17.6 Å². The van der Waals surface area contributed by atoms with Crippen molar-refractivity contribution in [1.82, 2.24) is 14.7 Å². The Morgan fingerprint density at radius 2 is 1.84 bits per heavy atom. The second-order valence-corrected chi connectivity index (χ2v) is 9.59. The molecule has 4 rings (SSSR count). The first-order chi connectivity index (χ1) is 11.9. The summed E-state index contributed by atoms with van der Waals surface area (Å²) >= 11 is 0. The molecule has 0 aromatic carbocycles. The molecule has 0 bridgehead atoms. The van der Waals surface area contributed by atoms with Gasteiger partial charge in [0.25, 0.3) is 5.91 Å². The van der Waals surface area contributed by atoms with Gasteiger partial charge in [0.1, 0.15) is 5.76 Å². The van der Waals surface area contributed by atoms with Crippen LogP contribution in [0.1, 0.15) is 29.2 Å². The van der Waals surface area contributed by atoms with Crippen LogP contribution in [0.5, 0.6) is 0 Å². The van der Waals surface area contributed by atoms with Crippen molar-refractivity contribution in [2.45, 2.75) is 31.5 Å². The minimum atomic E-state index is -3.09. The average Bonchev–Trinajstić information content (AvgIpc) is 3.27. The second kappa shape index (κ2) is 6.41. The first-order valence-corrected chi connectivity index (χ1v) is 10.8. The van der Waals surface area contributed by atoms with Crippen molar-refractivity contribution in [3.05, 3.63) is 23.7 Å². The van der Waals surface area contributed by atoms with Gasteiger partial charge in [0.05, 0.1) is 24.1 Å². The van der Waals surface area contributed by atoms with Crippen molar-refractivity contribution in [1.29, 1.82) is 0 Å². The summed E-state index contributed by atoms with van der Waals surface area (Å²) in [6.45, 7) is 4.10. The Morgan fingerprint density at radius 1 is 1.12 bits per heavy atom. The van der Waals surface area contributed by atoms with Crippen LogP contribution in [-0.4, -0.2) is 85.8 Å². The topological polar surface area (TPSA) is 74.1 Å². The molecule has 0 saturated carbocycles. The fourth-order valence-corrected chi connectivity index (χ4v) is 6.31. The van der Waals surface area contributed by atoms with Gasteiger partial charge in [-0.2, -0.15) is 0 Å². The number of piperazine rings is 1. The molecule has 4 heterocycles. The van der Waals surface area contributed by atoms with Crippen LogP contribution in [0, 0.1) is 0 Å². The first-order valence-electron chi connectivity index (χ1n) is 8.96. The predicted molar refractivity (Wildman–Crippen MR) is 93.1 cm³/mol. The Labute approximate surface area is 148 Å². The molecule has 1 amide bonds. The molecular formula is C17H25N3O4S. The summed E-state index contributed by atoms with van der Waals surface area (Å²) in [4.78, 5) is 19.0. The maximum absolute atomic E-state index is 12.9. The number of likely N-dealkylation sites (tertiary alicyclic amines) is 1.